The van der Waals surface area contributed by atoms with E-state index in [0.29, 0.717) is 18.0 Å². The highest BCUT2D eigenvalue weighted by Crippen LogP contribution is 2.29. The van der Waals surface area contributed by atoms with Crippen molar-refractivity contribution in [1.29, 1.82) is 0 Å². The van der Waals surface area contributed by atoms with Crippen LogP contribution in [0, 0.1) is 5.92 Å². The number of aliphatic hydroxyl groups excluding tert-OH is 1. The summed E-state index contributed by atoms with van der Waals surface area (Å²) in [6.45, 7) is 5.26. The van der Waals surface area contributed by atoms with Crippen molar-refractivity contribution >= 4 is 0 Å². The normalized spacial score (nSPS) is 13.8. The predicted octanol–water partition coefficient (Wildman–Crippen LogP) is 2.85. The molecular weight excluding hydrogens is 255 g/mol. The molecule has 0 aliphatic heterocycles. The van der Waals surface area contributed by atoms with Crippen LogP contribution < -0.4 is 5.32 Å². The van der Waals surface area contributed by atoms with Crippen LogP contribution in [0.15, 0.2) is 24.3 Å². The van der Waals surface area contributed by atoms with Gasteiger partial charge in [-0.15, -0.1) is 0 Å². The first-order chi connectivity index (χ1) is 8.79. The molecule has 0 radical (unpaired) electrons. The number of rotatable bonds is 6. The Morgan fingerprint density at radius 1 is 1.21 bits per heavy atom. The molecule has 1 unspecified atom stereocenters. The fourth-order valence-corrected chi connectivity index (χ4v) is 1.76. The van der Waals surface area contributed by atoms with Crippen LogP contribution in [0.5, 0.6) is 0 Å². The number of benzene rings is 1. The number of halogens is 3. The molecule has 0 saturated heterocycles. The van der Waals surface area contributed by atoms with Crippen molar-refractivity contribution in [3.05, 3.63) is 35.4 Å². The molecular formula is C14H20F3NO. The van der Waals surface area contributed by atoms with Gasteiger partial charge in [-0.05, 0) is 30.5 Å². The molecule has 1 aromatic carbocycles. The zero-order valence-electron chi connectivity index (χ0n) is 11.2. The zero-order valence-corrected chi connectivity index (χ0v) is 11.2. The Balaban J connectivity index is 2.52. The van der Waals surface area contributed by atoms with Crippen LogP contribution in [0.4, 0.5) is 13.2 Å². The summed E-state index contributed by atoms with van der Waals surface area (Å²) in [6.07, 6.45) is -4.80. The summed E-state index contributed by atoms with van der Waals surface area (Å²) in [5, 5.41) is 12.8. The molecule has 0 amide bonds. The lowest BCUT2D eigenvalue weighted by atomic mass is 10.0. The Hall–Kier alpha value is -1.07. The minimum absolute atomic E-state index is 0.217. The maximum Gasteiger partial charge on any atom is 0.416 e. The monoisotopic (exact) mass is 275 g/mol. The maximum absolute atomic E-state index is 12.5. The second-order valence-electron chi connectivity index (χ2n) is 5.11. The van der Waals surface area contributed by atoms with Crippen molar-refractivity contribution in [2.75, 3.05) is 13.1 Å². The van der Waals surface area contributed by atoms with E-state index in [1.807, 2.05) is 13.8 Å². The van der Waals surface area contributed by atoms with E-state index in [2.05, 4.69) is 5.32 Å². The molecule has 0 bridgehead atoms. The molecule has 0 saturated carbocycles. The van der Waals surface area contributed by atoms with Gasteiger partial charge in [0, 0.05) is 6.54 Å². The second kappa shape index (κ2) is 6.91. The fourth-order valence-electron chi connectivity index (χ4n) is 1.76. The van der Waals surface area contributed by atoms with E-state index in [1.54, 1.807) is 6.07 Å². The highest BCUT2D eigenvalue weighted by molar-refractivity contribution is 5.26. The van der Waals surface area contributed by atoms with Gasteiger partial charge < -0.3 is 10.4 Å². The Bertz CT molecular complexity index is 391. The predicted molar refractivity (Wildman–Crippen MR) is 68.9 cm³/mol. The van der Waals surface area contributed by atoms with Gasteiger partial charge in [0.05, 0.1) is 11.7 Å². The minimum Gasteiger partial charge on any atom is -0.391 e. The Kier molecular flexibility index (Phi) is 5.82. The van der Waals surface area contributed by atoms with Crippen LogP contribution in [0.1, 0.15) is 25.0 Å². The van der Waals surface area contributed by atoms with E-state index in [0.717, 1.165) is 18.7 Å². The van der Waals surface area contributed by atoms with Crippen LogP contribution in [-0.2, 0) is 12.6 Å². The Labute approximate surface area is 111 Å². The average Bonchev–Trinajstić information content (AvgIpc) is 2.27. The van der Waals surface area contributed by atoms with Crippen molar-refractivity contribution in [1.82, 2.24) is 5.32 Å². The van der Waals surface area contributed by atoms with Gasteiger partial charge in [-0.1, -0.05) is 32.0 Å². The van der Waals surface area contributed by atoms with Crippen LogP contribution in [0.3, 0.4) is 0 Å². The van der Waals surface area contributed by atoms with Gasteiger partial charge in [0.25, 0.3) is 0 Å². The van der Waals surface area contributed by atoms with Crippen molar-refractivity contribution in [2.45, 2.75) is 32.5 Å². The Morgan fingerprint density at radius 2 is 1.89 bits per heavy atom. The van der Waals surface area contributed by atoms with E-state index in [9.17, 15) is 18.3 Å². The zero-order chi connectivity index (χ0) is 14.5. The molecule has 0 heterocycles. The van der Waals surface area contributed by atoms with Crippen LogP contribution in [0.25, 0.3) is 0 Å². The SMILES string of the molecule is CC(C)CNCC(O)Cc1cccc(C(F)(F)F)c1. The third-order valence-corrected chi connectivity index (χ3v) is 2.66. The number of aliphatic hydroxyl groups is 1. The summed E-state index contributed by atoms with van der Waals surface area (Å²) in [7, 11) is 0. The largest absolute Gasteiger partial charge is 0.416 e. The van der Waals surface area contributed by atoms with Crippen molar-refractivity contribution < 1.29 is 18.3 Å². The van der Waals surface area contributed by atoms with Gasteiger partial charge >= 0.3 is 6.18 Å². The number of alkyl halides is 3. The fraction of sp³-hybridized carbons (Fsp3) is 0.571. The first-order valence-corrected chi connectivity index (χ1v) is 6.34. The lowest BCUT2D eigenvalue weighted by Gasteiger charge is -2.14. The highest BCUT2D eigenvalue weighted by atomic mass is 19.4. The molecule has 0 fully saturated rings. The van der Waals surface area contributed by atoms with Gasteiger partial charge in [0.15, 0.2) is 0 Å². The third-order valence-electron chi connectivity index (χ3n) is 2.66. The molecule has 0 spiro atoms. The lowest BCUT2D eigenvalue weighted by Crippen LogP contribution is -2.30. The molecule has 0 aliphatic rings. The van der Waals surface area contributed by atoms with E-state index in [1.165, 1.54) is 6.07 Å². The van der Waals surface area contributed by atoms with Gasteiger partial charge in [-0.25, -0.2) is 0 Å². The molecule has 19 heavy (non-hydrogen) atoms. The quantitative estimate of drug-likeness (QED) is 0.836. The topological polar surface area (TPSA) is 32.3 Å². The molecule has 5 heteroatoms. The van der Waals surface area contributed by atoms with E-state index >= 15 is 0 Å². The van der Waals surface area contributed by atoms with E-state index in [4.69, 9.17) is 0 Å². The van der Waals surface area contributed by atoms with Crippen LogP contribution in [0.2, 0.25) is 0 Å². The molecule has 1 rings (SSSR count). The molecule has 1 aromatic rings. The molecule has 0 aliphatic carbocycles. The van der Waals surface area contributed by atoms with Crippen LogP contribution in [-0.4, -0.2) is 24.3 Å². The van der Waals surface area contributed by atoms with E-state index < -0.39 is 17.8 Å². The van der Waals surface area contributed by atoms with Crippen molar-refractivity contribution in [3.8, 4) is 0 Å². The smallest absolute Gasteiger partial charge is 0.391 e. The first-order valence-electron chi connectivity index (χ1n) is 6.34. The highest BCUT2D eigenvalue weighted by Gasteiger charge is 2.30. The lowest BCUT2D eigenvalue weighted by molar-refractivity contribution is -0.137. The maximum atomic E-state index is 12.5. The van der Waals surface area contributed by atoms with Gasteiger partial charge in [0.2, 0.25) is 0 Å². The van der Waals surface area contributed by atoms with Crippen molar-refractivity contribution in [2.24, 2.45) is 5.92 Å². The van der Waals surface area contributed by atoms with Crippen molar-refractivity contribution in [3.63, 3.8) is 0 Å². The summed E-state index contributed by atoms with van der Waals surface area (Å²) >= 11 is 0. The van der Waals surface area contributed by atoms with Gasteiger partial charge in [0.1, 0.15) is 0 Å². The second-order valence-corrected chi connectivity index (χ2v) is 5.11. The average molecular weight is 275 g/mol. The molecule has 1 atom stereocenters. The van der Waals surface area contributed by atoms with Gasteiger partial charge in [-0.2, -0.15) is 13.2 Å². The van der Waals surface area contributed by atoms with Gasteiger partial charge in [-0.3, -0.25) is 0 Å². The Morgan fingerprint density at radius 3 is 2.47 bits per heavy atom. The summed E-state index contributed by atoms with van der Waals surface area (Å²) in [4.78, 5) is 0. The molecule has 2 N–H and O–H groups in total. The molecule has 108 valence electrons. The molecule has 0 aromatic heterocycles. The number of hydrogen-bond donors (Lipinski definition) is 2. The minimum atomic E-state index is -4.34. The summed E-state index contributed by atoms with van der Waals surface area (Å²) < 4.78 is 37.6. The first kappa shape index (κ1) is 16.0. The summed E-state index contributed by atoms with van der Waals surface area (Å²) in [5.41, 5.74) is -0.180. The van der Waals surface area contributed by atoms with Crippen LogP contribution >= 0.6 is 0 Å². The summed E-state index contributed by atoms with van der Waals surface area (Å²) in [6, 6.07) is 5.09. The van der Waals surface area contributed by atoms with E-state index in [-0.39, 0.29) is 6.42 Å². The summed E-state index contributed by atoms with van der Waals surface area (Å²) in [5.74, 6) is 0.473. The number of nitrogens with one attached hydrogen (secondary N) is 1. The third kappa shape index (κ3) is 6.07. The standard InChI is InChI=1S/C14H20F3NO/c1-10(2)8-18-9-13(19)7-11-4-3-5-12(6-11)14(15,16)17/h3-6,10,13,18-19H,7-9H2,1-2H3. The molecule has 2 nitrogen and oxygen atoms in total. The number of hydrogen-bond acceptors (Lipinski definition) is 2.